The molecule has 1 saturated heterocycles. The number of hydrogen-bond acceptors (Lipinski definition) is 3. The third-order valence-electron chi connectivity index (χ3n) is 7.62. The average Bonchev–Trinajstić information content (AvgIpc) is 2.93. The first-order valence-electron chi connectivity index (χ1n) is 11.1. The number of carbonyl (C=O) groups excluding carboxylic acids is 2. The summed E-state index contributed by atoms with van der Waals surface area (Å²) in [6.45, 7) is 6.52. The number of benzene rings is 2. The van der Waals surface area contributed by atoms with Crippen molar-refractivity contribution in [3.05, 3.63) is 69.2 Å². The zero-order valence-electron chi connectivity index (χ0n) is 18.3. The minimum Gasteiger partial charge on any atom is -0.459 e. The van der Waals surface area contributed by atoms with Crippen LogP contribution in [0.2, 0.25) is 5.02 Å². The number of carbonyl (C=O) groups is 2. The molecule has 0 unspecified atom stereocenters. The molecule has 1 aliphatic heterocycles. The lowest BCUT2D eigenvalue weighted by molar-refractivity contribution is -0.189. The van der Waals surface area contributed by atoms with Gasteiger partial charge in [0.05, 0.1) is 12.3 Å². The summed E-state index contributed by atoms with van der Waals surface area (Å²) in [4.78, 5) is 26.5. The van der Waals surface area contributed by atoms with Crippen molar-refractivity contribution in [2.45, 2.75) is 70.4 Å². The number of amides is 1. The van der Waals surface area contributed by atoms with Crippen molar-refractivity contribution >= 4 is 23.5 Å². The molecule has 1 amide bonds. The van der Waals surface area contributed by atoms with E-state index in [0.717, 1.165) is 41.5 Å². The molecule has 3 aliphatic rings. The highest BCUT2D eigenvalue weighted by Gasteiger charge is 2.64. The minimum atomic E-state index is -0.482. The Hall–Kier alpha value is -2.33. The SMILES string of the molecule is Cc1cc(Cl)cc(CNC(=O)[C@H]2c3c(C)cccc3[C@@H]3CC[C@@]4(C)C[C@]32CC(=O)O4)c1. The van der Waals surface area contributed by atoms with E-state index in [0.29, 0.717) is 18.0 Å². The second kappa shape index (κ2) is 7.09. The largest absolute Gasteiger partial charge is 0.459 e. The van der Waals surface area contributed by atoms with Crippen LogP contribution >= 0.6 is 11.6 Å². The van der Waals surface area contributed by atoms with Crippen LogP contribution in [0.4, 0.5) is 0 Å². The van der Waals surface area contributed by atoms with Crippen LogP contribution in [0.15, 0.2) is 36.4 Å². The minimum absolute atomic E-state index is 0.00497. The Morgan fingerprint density at radius 2 is 2.06 bits per heavy atom. The van der Waals surface area contributed by atoms with E-state index in [-0.39, 0.29) is 23.7 Å². The lowest BCUT2D eigenvalue weighted by Gasteiger charge is -2.53. The van der Waals surface area contributed by atoms with Gasteiger partial charge in [-0.1, -0.05) is 35.9 Å². The smallest absolute Gasteiger partial charge is 0.306 e. The third kappa shape index (κ3) is 3.27. The molecule has 1 heterocycles. The molecule has 1 spiro atoms. The van der Waals surface area contributed by atoms with E-state index in [2.05, 4.69) is 30.4 Å². The highest BCUT2D eigenvalue weighted by molar-refractivity contribution is 6.30. The van der Waals surface area contributed by atoms with Crippen molar-refractivity contribution in [3.63, 3.8) is 0 Å². The Labute approximate surface area is 188 Å². The number of esters is 1. The summed E-state index contributed by atoms with van der Waals surface area (Å²) in [5.74, 6) is -0.309. The number of ether oxygens (including phenoxy) is 1. The lowest BCUT2D eigenvalue weighted by atomic mass is 9.56. The first-order chi connectivity index (χ1) is 14.7. The van der Waals surface area contributed by atoms with Crippen molar-refractivity contribution in [3.8, 4) is 0 Å². The Balaban J connectivity index is 1.53. The van der Waals surface area contributed by atoms with Crippen molar-refractivity contribution in [1.82, 2.24) is 5.32 Å². The molecule has 4 nitrogen and oxygen atoms in total. The summed E-state index contributed by atoms with van der Waals surface area (Å²) in [5, 5.41) is 3.84. The van der Waals surface area contributed by atoms with Gasteiger partial charge in [0, 0.05) is 17.0 Å². The van der Waals surface area contributed by atoms with Gasteiger partial charge in [0.2, 0.25) is 5.91 Å². The van der Waals surface area contributed by atoms with Crippen molar-refractivity contribution in [2.75, 3.05) is 0 Å². The fraction of sp³-hybridized carbons (Fsp3) is 0.462. The van der Waals surface area contributed by atoms with Gasteiger partial charge >= 0.3 is 5.97 Å². The number of aryl methyl sites for hydroxylation is 2. The summed E-state index contributed by atoms with van der Waals surface area (Å²) in [6, 6.07) is 12.1. The second-order valence-corrected chi connectivity index (χ2v) is 10.4. The van der Waals surface area contributed by atoms with Gasteiger partial charge in [0.1, 0.15) is 5.60 Å². The molecule has 0 radical (unpaired) electrons. The van der Waals surface area contributed by atoms with E-state index >= 15 is 0 Å². The molecule has 162 valence electrons. The van der Waals surface area contributed by atoms with Gasteiger partial charge in [-0.15, -0.1) is 0 Å². The summed E-state index contributed by atoms with van der Waals surface area (Å²) >= 11 is 6.21. The molecule has 1 saturated carbocycles. The van der Waals surface area contributed by atoms with Gasteiger partial charge in [0.25, 0.3) is 0 Å². The Morgan fingerprint density at radius 1 is 1.26 bits per heavy atom. The lowest BCUT2D eigenvalue weighted by Crippen LogP contribution is -2.54. The van der Waals surface area contributed by atoms with Crippen molar-refractivity contribution < 1.29 is 14.3 Å². The van der Waals surface area contributed by atoms with E-state index < -0.39 is 11.0 Å². The molecular weight excluding hydrogens is 410 g/mol. The van der Waals surface area contributed by atoms with Crippen LogP contribution in [0, 0.1) is 19.3 Å². The average molecular weight is 438 g/mol. The van der Waals surface area contributed by atoms with Crippen molar-refractivity contribution in [1.29, 1.82) is 0 Å². The molecule has 31 heavy (non-hydrogen) atoms. The van der Waals surface area contributed by atoms with Crippen LogP contribution in [-0.2, 0) is 20.9 Å². The summed E-state index contributed by atoms with van der Waals surface area (Å²) in [6.07, 6.45) is 2.82. The normalized spacial score (nSPS) is 30.9. The molecule has 1 N–H and O–H groups in total. The predicted octanol–water partition coefficient (Wildman–Crippen LogP) is 5.33. The maximum atomic E-state index is 13.8. The van der Waals surface area contributed by atoms with E-state index in [1.54, 1.807) is 0 Å². The van der Waals surface area contributed by atoms with E-state index in [4.69, 9.17) is 16.3 Å². The van der Waals surface area contributed by atoms with E-state index in [9.17, 15) is 9.59 Å². The Bertz CT molecular complexity index is 1080. The van der Waals surface area contributed by atoms with Crippen LogP contribution in [0.3, 0.4) is 0 Å². The molecule has 5 rings (SSSR count). The molecule has 2 aromatic carbocycles. The number of fused-ring (bicyclic) bond motifs is 3. The van der Waals surface area contributed by atoms with Gasteiger partial charge < -0.3 is 10.1 Å². The Kier molecular flexibility index (Phi) is 4.71. The van der Waals surface area contributed by atoms with Gasteiger partial charge in [-0.3, -0.25) is 9.59 Å². The maximum absolute atomic E-state index is 13.8. The van der Waals surface area contributed by atoms with Crippen molar-refractivity contribution in [2.24, 2.45) is 5.41 Å². The van der Waals surface area contributed by atoms with Gasteiger partial charge in [-0.25, -0.2) is 0 Å². The number of halogens is 1. The zero-order valence-corrected chi connectivity index (χ0v) is 19.0. The van der Waals surface area contributed by atoms with Crippen LogP contribution < -0.4 is 5.32 Å². The topological polar surface area (TPSA) is 55.4 Å². The quantitative estimate of drug-likeness (QED) is 0.660. The predicted molar refractivity (Wildman–Crippen MR) is 120 cm³/mol. The fourth-order valence-corrected chi connectivity index (χ4v) is 6.97. The zero-order chi connectivity index (χ0) is 22.0. The summed E-state index contributed by atoms with van der Waals surface area (Å²) < 4.78 is 5.78. The molecular formula is C26H28ClNO3. The third-order valence-corrected chi connectivity index (χ3v) is 7.84. The molecule has 2 fully saturated rings. The highest BCUT2D eigenvalue weighted by atomic mass is 35.5. The van der Waals surface area contributed by atoms with Crippen LogP contribution in [0.5, 0.6) is 0 Å². The monoisotopic (exact) mass is 437 g/mol. The Morgan fingerprint density at radius 3 is 2.84 bits per heavy atom. The molecule has 5 heteroatoms. The standard InChI is InChI=1S/C26H28ClNO3/c1-15-9-17(11-18(27)10-15)13-28-24(30)23-22-16(2)5-4-6-19(22)20-7-8-25(3)14-26(20,23)12-21(29)31-25/h4-6,9-11,20,23H,7-8,12-14H2,1-3H3,(H,28,30)/t20-,23+,25-,26+/m0/s1. The summed E-state index contributed by atoms with van der Waals surface area (Å²) in [7, 11) is 0. The second-order valence-electron chi connectivity index (χ2n) is 9.97. The number of nitrogens with one attached hydrogen (secondary N) is 1. The van der Waals surface area contributed by atoms with Crippen LogP contribution in [0.25, 0.3) is 0 Å². The molecule has 2 aromatic rings. The first kappa shape index (κ1) is 20.6. The van der Waals surface area contributed by atoms with Gasteiger partial charge in [-0.05, 0) is 85.9 Å². The number of hydrogen-bond donors (Lipinski definition) is 1. The van der Waals surface area contributed by atoms with Crippen LogP contribution in [0.1, 0.15) is 72.3 Å². The first-order valence-corrected chi connectivity index (χ1v) is 11.4. The maximum Gasteiger partial charge on any atom is 0.306 e. The van der Waals surface area contributed by atoms with E-state index in [1.807, 2.05) is 32.0 Å². The molecule has 2 aliphatic carbocycles. The molecule has 2 bridgehead atoms. The van der Waals surface area contributed by atoms with Crippen LogP contribution in [-0.4, -0.2) is 17.5 Å². The van der Waals surface area contributed by atoms with Gasteiger partial charge in [0.15, 0.2) is 0 Å². The summed E-state index contributed by atoms with van der Waals surface area (Å²) in [5.41, 5.74) is 4.64. The van der Waals surface area contributed by atoms with E-state index in [1.165, 1.54) is 5.56 Å². The molecule has 0 aromatic heterocycles. The number of rotatable bonds is 3. The van der Waals surface area contributed by atoms with Gasteiger partial charge in [-0.2, -0.15) is 0 Å². The molecule has 4 atom stereocenters. The highest BCUT2D eigenvalue weighted by Crippen LogP contribution is 2.67. The fourth-order valence-electron chi connectivity index (χ4n) is 6.65.